The van der Waals surface area contributed by atoms with Crippen LogP contribution in [0.1, 0.15) is 28.3 Å². The van der Waals surface area contributed by atoms with Gasteiger partial charge in [-0.2, -0.15) is 0 Å². The van der Waals surface area contributed by atoms with Gasteiger partial charge in [-0.3, -0.25) is 4.90 Å². The maximum Gasteiger partial charge on any atom is 0.134 e. The molecule has 0 saturated heterocycles. The molecular formula is C19H20ClNO3. The summed E-state index contributed by atoms with van der Waals surface area (Å²) in [5.74, 6) is 1.96. The highest BCUT2D eigenvalue weighted by molar-refractivity contribution is 6.32. The normalized spacial score (nSPS) is 19.2. The fraction of sp³-hybridized carbons (Fsp3) is 0.368. The maximum atomic E-state index is 10.0. The molecule has 0 saturated carbocycles. The molecule has 2 aliphatic rings. The Balaban J connectivity index is 1.82. The molecule has 0 radical (unpaired) electrons. The Kier molecular flexibility index (Phi) is 3.82. The van der Waals surface area contributed by atoms with Crippen molar-refractivity contribution in [1.82, 2.24) is 4.90 Å². The summed E-state index contributed by atoms with van der Waals surface area (Å²) in [6.45, 7) is 1.79. The van der Waals surface area contributed by atoms with Crippen LogP contribution in [0.15, 0.2) is 24.3 Å². The van der Waals surface area contributed by atoms with Gasteiger partial charge in [0.25, 0.3) is 0 Å². The smallest absolute Gasteiger partial charge is 0.134 e. The van der Waals surface area contributed by atoms with Gasteiger partial charge in [0.05, 0.1) is 19.2 Å². The van der Waals surface area contributed by atoms with Crippen LogP contribution in [0.4, 0.5) is 0 Å². The summed E-state index contributed by atoms with van der Waals surface area (Å²) in [4.78, 5) is 2.44. The van der Waals surface area contributed by atoms with Gasteiger partial charge in [-0.05, 0) is 48.2 Å². The zero-order chi connectivity index (χ0) is 16.8. The number of rotatable bonds is 2. The second kappa shape index (κ2) is 5.87. The van der Waals surface area contributed by atoms with Gasteiger partial charge in [-0.1, -0.05) is 11.6 Å². The first-order chi connectivity index (χ1) is 11.6. The molecule has 0 unspecified atom stereocenters. The largest absolute Gasteiger partial charge is 0.506 e. The molecule has 0 spiro atoms. The highest BCUT2D eigenvalue weighted by atomic mass is 35.5. The Bertz CT molecular complexity index is 806. The number of aromatic hydroxyl groups is 1. The highest BCUT2D eigenvalue weighted by Crippen LogP contribution is 2.45. The Morgan fingerprint density at radius 2 is 1.83 bits per heavy atom. The van der Waals surface area contributed by atoms with Crippen LogP contribution in [0, 0.1) is 0 Å². The number of ether oxygens (including phenoxy) is 2. The number of hydrogen-bond acceptors (Lipinski definition) is 4. The molecule has 0 bridgehead atoms. The zero-order valence-electron chi connectivity index (χ0n) is 13.8. The minimum absolute atomic E-state index is 0.153. The molecule has 1 atom stereocenters. The van der Waals surface area contributed by atoms with Crippen molar-refractivity contribution in [2.45, 2.75) is 25.4 Å². The van der Waals surface area contributed by atoms with Crippen LogP contribution >= 0.6 is 11.6 Å². The van der Waals surface area contributed by atoms with Crippen molar-refractivity contribution in [2.75, 3.05) is 20.8 Å². The number of benzene rings is 2. The molecule has 0 amide bonds. The fourth-order valence-corrected chi connectivity index (χ4v) is 4.20. The first-order valence-electron chi connectivity index (χ1n) is 8.10. The number of phenols is 1. The molecule has 2 heterocycles. The standard InChI is InChI=1S/C19H20ClNO3/c1-23-18-3-4-19(24-2)14-10-21-6-5-11-7-15(20)17(22)9-12(11)16(21)8-13(14)18/h3-4,7,9,16,22H,5-6,8,10H2,1-2H3/t16-/m0/s1. The monoisotopic (exact) mass is 345 g/mol. The second-order valence-electron chi connectivity index (χ2n) is 6.37. The molecule has 126 valence electrons. The Hall–Kier alpha value is -1.91. The summed E-state index contributed by atoms with van der Waals surface area (Å²) in [7, 11) is 3.41. The van der Waals surface area contributed by atoms with E-state index in [0.29, 0.717) is 5.02 Å². The van der Waals surface area contributed by atoms with Crippen molar-refractivity contribution in [2.24, 2.45) is 0 Å². The van der Waals surface area contributed by atoms with Crippen molar-refractivity contribution in [3.05, 3.63) is 51.5 Å². The molecule has 4 rings (SSSR count). The Morgan fingerprint density at radius 1 is 1.12 bits per heavy atom. The number of methoxy groups -OCH3 is 2. The fourth-order valence-electron chi connectivity index (χ4n) is 4.02. The van der Waals surface area contributed by atoms with E-state index in [-0.39, 0.29) is 11.8 Å². The van der Waals surface area contributed by atoms with Crippen molar-refractivity contribution >= 4 is 11.6 Å². The minimum Gasteiger partial charge on any atom is -0.506 e. The molecule has 24 heavy (non-hydrogen) atoms. The van der Waals surface area contributed by atoms with Gasteiger partial charge in [0.2, 0.25) is 0 Å². The third-order valence-corrected chi connectivity index (χ3v) is 5.52. The third kappa shape index (κ3) is 2.33. The summed E-state index contributed by atoms with van der Waals surface area (Å²) in [5, 5.41) is 10.5. The van der Waals surface area contributed by atoms with Crippen molar-refractivity contribution < 1.29 is 14.6 Å². The van der Waals surface area contributed by atoms with E-state index in [4.69, 9.17) is 21.1 Å². The van der Waals surface area contributed by atoms with E-state index < -0.39 is 0 Å². The van der Waals surface area contributed by atoms with Gasteiger partial charge in [-0.15, -0.1) is 0 Å². The summed E-state index contributed by atoms with van der Waals surface area (Å²) in [6.07, 6.45) is 1.78. The minimum atomic E-state index is 0.153. The number of phenolic OH excluding ortho intramolecular Hbond substituents is 1. The van der Waals surface area contributed by atoms with Crippen LogP contribution < -0.4 is 9.47 Å². The van der Waals surface area contributed by atoms with Crippen LogP contribution in [-0.4, -0.2) is 30.8 Å². The summed E-state index contributed by atoms with van der Waals surface area (Å²) >= 11 is 6.09. The lowest BCUT2D eigenvalue weighted by molar-refractivity contribution is 0.156. The average Bonchev–Trinajstić information content (AvgIpc) is 2.60. The van der Waals surface area contributed by atoms with E-state index >= 15 is 0 Å². The predicted molar refractivity (Wildman–Crippen MR) is 93.2 cm³/mol. The topological polar surface area (TPSA) is 41.9 Å². The molecule has 0 fully saturated rings. The first kappa shape index (κ1) is 15.6. The first-order valence-corrected chi connectivity index (χ1v) is 8.48. The van der Waals surface area contributed by atoms with E-state index in [2.05, 4.69) is 4.90 Å². The lowest BCUT2D eigenvalue weighted by Gasteiger charge is -2.42. The van der Waals surface area contributed by atoms with Gasteiger partial charge in [0.1, 0.15) is 17.2 Å². The van der Waals surface area contributed by atoms with Crippen LogP contribution in [0.25, 0.3) is 0 Å². The SMILES string of the molecule is COc1ccc(OC)c2c1C[C@H]1c3cc(O)c(Cl)cc3CCN1C2. The van der Waals surface area contributed by atoms with E-state index in [1.807, 2.05) is 24.3 Å². The van der Waals surface area contributed by atoms with Crippen molar-refractivity contribution in [3.63, 3.8) is 0 Å². The lowest BCUT2D eigenvalue weighted by atomic mass is 9.83. The van der Waals surface area contributed by atoms with Crippen LogP contribution in [0.2, 0.25) is 5.02 Å². The molecular weight excluding hydrogens is 326 g/mol. The lowest BCUT2D eigenvalue weighted by Crippen LogP contribution is -2.39. The maximum absolute atomic E-state index is 10.0. The summed E-state index contributed by atoms with van der Waals surface area (Å²) in [5.41, 5.74) is 4.79. The van der Waals surface area contributed by atoms with E-state index in [0.717, 1.165) is 37.4 Å². The van der Waals surface area contributed by atoms with Crippen molar-refractivity contribution in [1.29, 1.82) is 0 Å². The molecule has 2 aromatic carbocycles. The Labute approximate surface area is 146 Å². The molecule has 2 aromatic rings. The van der Waals surface area contributed by atoms with Crippen molar-refractivity contribution in [3.8, 4) is 17.2 Å². The summed E-state index contributed by atoms with van der Waals surface area (Å²) < 4.78 is 11.1. The molecule has 1 N–H and O–H groups in total. The molecule has 5 heteroatoms. The van der Waals surface area contributed by atoms with Gasteiger partial charge >= 0.3 is 0 Å². The predicted octanol–water partition coefficient (Wildman–Crippen LogP) is 3.72. The zero-order valence-corrected chi connectivity index (χ0v) is 14.6. The molecule has 4 nitrogen and oxygen atoms in total. The molecule has 0 aliphatic carbocycles. The van der Waals surface area contributed by atoms with Crippen LogP contribution in [0.5, 0.6) is 17.2 Å². The van der Waals surface area contributed by atoms with Gasteiger partial charge in [0.15, 0.2) is 0 Å². The van der Waals surface area contributed by atoms with Crippen LogP contribution in [-0.2, 0) is 19.4 Å². The van der Waals surface area contributed by atoms with E-state index in [9.17, 15) is 5.11 Å². The third-order valence-electron chi connectivity index (χ3n) is 5.22. The molecule has 0 aromatic heterocycles. The Morgan fingerprint density at radius 3 is 2.54 bits per heavy atom. The number of fused-ring (bicyclic) bond motifs is 4. The van der Waals surface area contributed by atoms with Gasteiger partial charge in [-0.25, -0.2) is 0 Å². The highest BCUT2D eigenvalue weighted by Gasteiger charge is 2.35. The number of nitrogens with zero attached hydrogens (tertiary/aromatic N) is 1. The van der Waals surface area contributed by atoms with Crippen LogP contribution in [0.3, 0.4) is 0 Å². The van der Waals surface area contributed by atoms with E-state index in [1.54, 1.807) is 14.2 Å². The van der Waals surface area contributed by atoms with E-state index in [1.165, 1.54) is 22.3 Å². The summed E-state index contributed by atoms with van der Waals surface area (Å²) in [6, 6.07) is 7.90. The molecule has 2 aliphatic heterocycles. The average molecular weight is 346 g/mol. The quantitative estimate of drug-likeness (QED) is 0.900. The van der Waals surface area contributed by atoms with Gasteiger partial charge < -0.3 is 14.6 Å². The van der Waals surface area contributed by atoms with Gasteiger partial charge in [0, 0.05) is 30.3 Å². The number of halogens is 1. The second-order valence-corrected chi connectivity index (χ2v) is 6.78. The number of hydrogen-bond donors (Lipinski definition) is 1.